The first-order valence-corrected chi connectivity index (χ1v) is 6.74. The highest BCUT2D eigenvalue weighted by Crippen LogP contribution is 2.26. The molecule has 0 saturated carbocycles. The van der Waals surface area contributed by atoms with Crippen LogP contribution in [-0.4, -0.2) is 6.61 Å². The molecule has 2 N–H and O–H groups in total. The Morgan fingerprint density at radius 3 is 2.82 bits per heavy atom. The van der Waals surface area contributed by atoms with E-state index in [9.17, 15) is 0 Å². The van der Waals surface area contributed by atoms with Gasteiger partial charge in [0.2, 0.25) is 0 Å². The lowest BCUT2D eigenvalue weighted by atomic mass is 10.0. The number of nitrogens with two attached hydrogens (primary N) is 1. The molecule has 0 aliphatic carbocycles. The Kier molecular flexibility index (Phi) is 4.18. The van der Waals surface area contributed by atoms with Gasteiger partial charge in [-0.3, -0.25) is 0 Å². The number of rotatable bonds is 5. The summed E-state index contributed by atoms with van der Waals surface area (Å²) < 4.78 is 5.60. The fraction of sp³-hybridized carbons (Fsp3) is 0.286. The van der Waals surface area contributed by atoms with Crippen molar-refractivity contribution in [3.8, 4) is 5.75 Å². The van der Waals surface area contributed by atoms with Crippen molar-refractivity contribution in [2.45, 2.75) is 19.4 Å². The van der Waals surface area contributed by atoms with Crippen LogP contribution in [0, 0.1) is 0 Å². The molecule has 0 spiro atoms. The van der Waals surface area contributed by atoms with Gasteiger partial charge in [0.1, 0.15) is 5.75 Å². The monoisotopic (exact) mass is 247 g/mol. The Hall–Kier alpha value is -1.32. The molecule has 1 unspecified atom stereocenters. The summed E-state index contributed by atoms with van der Waals surface area (Å²) in [7, 11) is 0. The highest BCUT2D eigenvalue weighted by molar-refractivity contribution is 7.07. The highest BCUT2D eigenvalue weighted by atomic mass is 32.1. The maximum absolute atomic E-state index is 6.24. The minimum absolute atomic E-state index is 0.00708. The van der Waals surface area contributed by atoms with Crippen molar-refractivity contribution in [3.05, 3.63) is 52.2 Å². The summed E-state index contributed by atoms with van der Waals surface area (Å²) in [6, 6.07) is 10.1. The zero-order valence-electron chi connectivity index (χ0n) is 9.93. The van der Waals surface area contributed by atoms with Crippen molar-refractivity contribution in [1.29, 1.82) is 0 Å². The summed E-state index contributed by atoms with van der Waals surface area (Å²) in [4.78, 5) is 0. The third-order valence-electron chi connectivity index (χ3n) is 2.65. The van der Waals surface area contributed by atoms with Crippen LogP contribution < -0.4 is 10.5 Å². The second-order valence-corrected chi connectivity index (χ2v) is 4.69. The minimum Gasteiger partial charge on any atom is -0.494 e. The van der Waals surface area contributed by atoms with Crippen LogP contribution in [0.5, 0.6) is 5.75 Å². The van der Waals surface area contributed by atoms with Crippen LogP contribution in [0.2, 0.25) is 0 Å². The van der Waals surface area contributed by atoms with Gasteiger partial charge in [-0.15, -0.1) is 0 Å². The fourth-order valence-corrected chi connectivity index (χ4v) is 2.53. The zero-order valence-corrected chi connectivity index (χ0v) is 10.7. The molecule has 2 aromatic rings. The van der Waals surface area contributed by atoms with Gasteiger partial charge in [0, 0.05) is 11.6 Å². The van der Waals surface area contributed by atoms with Crippen molar-refractivity contribution in [2.75, 3.05) is 6.61 Å². The van der Waals surface area contributed by atoms with Crippen LogP contribution in [-0.2, 0) is 6.42 Å². The maximum atomic E-state index is 6.24. The van der Waals surface area contributed by atoms with Crippen LogP contribution >= 0.6 is 11.3 Å². The molecule has 0 radical (unpaired) electrons. The van der Waals surface area contributed by atoms with Crippen LogP contribution in [0.1, 0.15) is 24.1 Å². The van der Waals surface area contributed by atoms with E-state index in [1.54, 1.807) is 11.3 Å². The topological polar surface area (TPSA) is 35.2 Å². The quantitative estimate of drug-likeness (QED) is 0.879. The summed E-state index contributed by atoms with van der Waals surface area (Å²) in [5.41, 5.74) is 8.61. The number of ether oxygens (including phenoxy) is 1. The molecule has 0 amide bonds. The van der Waals surface area contributed by atoms with E-state index in [4.69, 9.17) is 10.5 Å². The molecule has 2 rings (SSSR count). The van der Waals surface area contributed by atoms with Gasteiger partial charge in [0.15, 0.2) is 0 Å². The molecule has 1 atom stereocenters. The average Bonchev–Trinajstić information content (AvgIpc) is 2.83. The normalized spacial score (nSPS) is 12.4. The van der Waals surface area contributed by atoms with Gasteiger partial charge in [-0.05, 0) is 41.8 Å². The molecule has 0 saturated heterocycles. The molecule has 1 heterocycles. The predicted octanol–water partition coefficient (Wildman–Crippen LogP) is 3.39. The molecule has 1 aromatic heterocycles. The van der Waals surface area contributed by atoms with E-state index in [0.29, 0.717) is 6.61 Å². The average molecular weight is 247 g/mol. The lowest BCUT2D eigenvalue weighted by Crippen LogP contribution is -2.14. The largest absolute Gasteiger partial charge is 0.494 e. The zero-order chi connectivity index (χ0) is 12.1. The van der Waals surface area contributed by atoms with Gasteiger partial charge < -0.3 is 10.5 Å². The van der Waals surface area contributed by atoms with Gasteiger partial charge in [0.05, 0.1) is 6.61 Å². The van der Waals surface area contributed by atoms with Crippen molar-refractivity contribution < 1.29 is 4.74 Å². The summed E-state index contributed by atoms with van der Waals surface area (Å²) in [5.74, 6) is 0.901. The first-order chi connectivity index (χ1) is 8.31. The Morgan fingerprint density at radius 2 is 2.12 bits per heavy atom. The van der Waals surface area contributed by atoms with Gasteiger partial charge in [0.25, 0.3) is 0 Å². The van der Waals surface area contributed by atoms with E-state index in [2.05, 4.69) is 16.8 Å². The van der Waals surface area contributed by atoms with Crippen LogP contribution in [0.25, 0.3) is 0 Å². The number of hydrogen-bond acceptors (Lipinski definition) is 3. The van der Waals surface area contributed by atoms with Crippen molar-refractivity contribution in [3.63, 3.8) is 0 Å². The van der Waals surface area contributed by atoms with Crippen LogP contribution in [0.3, 0.4) is 0 Å². The molecule has 3 heteroatoms. The number of hydrogen-bond donors (Lipinski definition) is 1. The summed E-state index contributed by atoms with van der Waals surface area (Å²) >= 11 is 1.70. The van der Waals surface area contributed by atoms with Gasteiger partial charge >= 0.3 is 0 Å². The van der Waals surface area contributed by atoms with Crippen molar-refractivity contribution in [1.82, 2.24) is 0 Å². The van der Waals surface area contributed by atoms with Gasteiger partial charge in [-0.1, -0.05) is 18.2 Å². The van der Waals surface area contributed by atoms with E-state index >= 15 is 0 Å². The molecule has 17 heavy (non-hydrogen) atoms. The van der Waals surface area contributed by atoms with Crippen LogP contribution in [0.4, 0.5) is 0 Å². The first-order valence-electron chi connectivity index (χ1n) is 5.79. The Bertz CT molecular complexity index is 453. The van der Waals surface area contributed by atoms with Gasteiger partial charge in [-0.25, -0.2) is 0 Å². The first kappa shape index (κ1) is 12.1. The molecule has 1 aromatic carbocycles. The lowest BCUT2D eigenvalue weighted by Gasteiger charge is -2.15. The second-order valence-electron chi connectivity index (χ2n) is 3.91. The van der Waals surface area contributed by atoms with E-state index in [1.165, 1.54) is 5.56 Å². The van der Waals surface area contributed by atoms with E-state index in [-0.39, 0.29) is 6.04 Å². The standard InChI is InChI=1S/C14H17NOS/c1-2-16-14-6-4-3-5-12(14)13(15)9-11-7-8-17-10-11/h3-8,10,13H,2,9,15H2,1H3. The lowest BCUT2D eigenvalue weighted by molar-refractivity contribution is 0.334. The molecule has 90 valence electrons. The van der Waals surface area contributed by atoms with Crippen molar-refractivity contribution >= 4 is 11.3 Å². The summed E-state index contributed by atoms with van der Waals surface area (Å²) in [6.45, 7) is 2.66. The molecule has 2 nitrogen and oxygen atoms in total. The number of benzene rings is 1. The smallest absolute Gasteiger partial charge is 0.124 e. The molecular weight excluding hydrogens is 230 g/mol. The predicted molar refractivity (Wildman–Crippen MR) is 72.6 cm³/mol. The number of para-hydroxylation sites is 1. The second kappa shape index (κ2) is 5.84. The maximum Gasteiger partial charge on any atom is 0.124 e. The Labute approximate surface area is 106 Å². The molecule has 0 bridgehead atoms. The molecule has 0 aliphatic rings. The Balaban J connectivity index is 2.15. The highest BCUT2D eigenvalue weighted by Gasteiger charge is 2.12. The van der Waals surface area contributed by atoms with E-state index < -0.39 is 0 Å². The fourth-order valence-electron chi connectivity index (χ4n) is 1.85. The van der Waals surface area contributed by atoms with Gasteiger partial charge in [-0.2, -0.15) is 11.3 Å². The molecule has 0 fully saturated rings. The molecule has 0 aliphatic heterocycles. The van der Waals surface area contributed by atoms with E-state index in [0.717, 1.165) is 17.7 Å². The SMILES string of the molecule is CCOc1ccccc1C(N)Cc1ccsc1. The third-order valence-corrected chi connectivity index (χ3v) is 3.39. The van der Waals surface area contributed by atoms with E-state index in [1.807, 2.05) is 31.2 Å². The van der Waals surface area contributed by atoms with Crippen molar-refractivity contribution in [2.24, 2.45) is 5.73 Å². The third kappa shape index (κ3) is 3.08. The summed E-state index contributed by atoms with van der Waals surface area (Å²) in [6.07, 6.45) is 0.855. The Morgan fingerprint density at radius 1 is 1.29 bits per heavy atom. The molecular formula is C14H17NOS. The minimum atomic E-state index is -0.00708. The van der Waals surface area contributed by atoms with Crippen LogP contribution in [0.15, 0.2) is 41.1 Å². The number of thiophene rings is 1. The summed E-state index contributed by atoms with van der Waals surface area (Å²) in [5, 5.41) is 4.22.